The summed E-state index contributed by atoms with van der Waals surface area (Å²) in [4.78, 5) is 22.7. The van der Waals surface area contributed by atoms with Crippen molar-refractivity contribution in [2.24, 2.45) is 5.10 Å². The van der Waals surface area contributed by atoms with Crippen LogP contribution in [0.1, 0.15) is 12.0 Å². The lowest BCUT2D eigenvalue weighted by Crippen LogP contribution is -2.38. The quantitative estimate of drug-likeness (QED) is 0.351. The number of hydrogen-bond acceptors (Lipinski definition) is 4. The molecule has 7 heteroatoms. The molecule has 0 saturated carbocycles. The molecule has 1 aromatic carbocycles. The predicted octanol–water partition coefficient (Wildman–Crippen LogP) is 1.05. The fourth-order valence-electron chi connectivity index (χ4n) is 1.26. The van der Waals surface area contributed by atoms with Gasteiger partial charge in [-0.2, -0.15) is 5.10 Å². The Bertz CT molecular complexity index is 474. The van der Waals surface area contributed by atoms with Crippen LogP contribution < -0.4 is 10.7 Å². The van der Waals surface area contributed by atoms with Gasteiger partial charge in [0.15, 0.2) is 0 Å². The van der Waals surface area contributed by atoms with Gasteiger partial charge < -0.3 is 10.1 Å². The van der Waals surface area contributed by atoms with Gasteiger partial charge in [-0.15, -0.1) is 0 Å². The van der Waals surface area contributed by atoms with E-state index in [0.717, 1.165) is 10.0 Å². The van der Waals surface area contributed by atoms with E-state index in [4.69, 9.17) is 4.74 Å². The van der Waals surface area contributed by atoms with Gasteiger partial charge in [0.05, 0.1) is 6.21 Å². The summed E-state index contributed by atoms with van der Waals surface area (Å²) in [6.07, 6.45) is 2.11. The number of hydrazone groups is 1. The van der Waals surface area contributed by atoms with Gasteiger partial charge in [0.1, 0.15) is 0 Å². The molecule has 20 heavy (non-hydrogen) atoms. The standard InChI is InChI=1S/C13H16BrN3O3/c1-20-8-2-7-15-12(18)13(19)17-16-9-10-3-5-11(14)6-4-10/h3-6,9H,2,7-8H2,1H3,(H,15,18)(H,17,19)/b16-9-. The Balaban J connectivity index is 2.31. The fraction of sp³-hybridized carbons (Fsp3) is 0.308. The molecule has 1 rings (SSSR count). The normalized spacial score (nSPS) is 10.5. The summed E-state index contributed by atoms with van der Waals surface area (Å²) in [5, 5.41) is 6.17. The SMILES string of the molecule is COCCCNC(=O)C(=O)N/N=C\c1ccc(Br)cc1. The van der Waals surface area contributed by atoms with E-state index in [2.05, 4.69) is 31.8 Å². The number of nitrogens with one attached hydrogen (secondary N) is 2. The summed E-state index contributed by atoms with van der Waals surface area (Å²) in [5.41, 5.74) is 2.98. The van der Waals surface area contributed by atoms with E-state index in [-0.39, 0.29) is 0 Å². The topological polar surface area (TPSA) is 79.8 Å². The molecule has 0 fully saturated rings. The van der Waals surface area contributed by atoms with Gasteiger partial charge in [0.2, 0.25) is 0 Å². The van der Waals surface area contributed by atoms with Crippen LogP contribution in [0.25, 0.3) is 0 Å². The number of methoxy groups -OCH3 is 1. The molecule has 0 heterocycles. The average molecular weight is 342 g/mol. The number of halogens is 1. The summed E-state index contributed by atoms with van der Waals surface area (Å²) in [7, 11) is 1.57. The number of amides is 2. The van der Waals surface area contributed by atoms with Gasteiger partial charge >= 0.3 is 11.8 Å². The predicted molar refractivity (Wildman–Crippen MR) is 79.4 cm³/mol. The minimum atomic E-state index is -0.796. The number of benzene rings is 1. The van der Waals surface area contributed by atoms with Crippen molar-refractivity contribution in [2.75, 3.05) is 20.3 Å². The minimum absolute atomic E-state index is 0.385. The van der Waals surface area contributed by atoms with E-state index in [1.54, 1.807) is 7.11 Å². The van der Waals surface area contributed by atoms with Crippen LogP contribution in [-0.4, -0.2) is 38.3 Å². The van der Waals surface area contributed by atoms with Crippen LogP contribution in [0, 0.1) is 0 Å². The molecular formula is C13H16BrN3O3. The first-order valence-corrected chi connectivity index (χ1v) is 6.78. The molecule has 0 radical (unpaired) electrons. The highest BCUT2D eigenvalue weighted by Gasteiger charge is 2.10. The third-order valence-corrected chi connectivity index (χ3v) is 2.80. The largest absolute Gasteiger partial charge is 0.385 e. The van der Waals surface area contributed by atoms with E-state index >= 15 is 0 Å². The van der Waals surface area contributed by atoms with Crippen LogP contribution in [0.2, 0.25) is 0 Å². The van der Waals surface area contributed by atoms with Crippen molar-refractivity contribution in [2.45, 2.75) is 6.42 Å². The maximum absolute atomic E-state index is 11.4. The highest BCUT2D eigenvalue weighted by atomic mass is 79.9. The minimum Gasteiger partial charge on any atom is -0.385 e. The second kappa shape index (κ2) is 9.22. The Kier molecular flexibility index (Phi) is 7.52. The van der Waals surface area contributed by atoms with Crippen molar-refractivity contribution < 1.29 is 14.3 Å². The molecule has 6 nitrogen and oxygen atoms in total. The van der Waals surface area contributed by atoms with E-state index in [1.807, 2.05) is 24.3 Å². The number of carbonyl (C=O) groups is 2. The molecule has 0 aliphatic heterocycles. The summed E-state index contributed by atoms with van der Waals surface area (Å²) in [6.45, 7) is 0.917. The number of ether oxygens (including phenoxy) is 1. The Hall–Kier alpha value is -1.73. The second-order valence-electron chi connectivity index (χ2n) is 3.85. The molecule has 1 aromatic rings. The molecule has 0 atom stereocenters. The van der Waals surface area contributed by atoms with Crippen LogP contribution >= 0.6 is 15.9 Å². The summed E-state index contributed by atoms with van der Waals surface area (Å²) >= 11 is 3.31. The zero-order valence-electron chi connectivity index (χ0n) is 11.1. The van der Waals surface area contributed by atoms with Crippen LogP contribution in [0.3, 0.4) is 0 Å². The molecule has 2 N–H and O–H groups in total. The summed E-state index contributed by atoms with van der Waals surface area (Å²) in [6, 6.07) is 7.35. The molecule has 0 aromatic heterocycles. The Morgan fingerprint density at radius 3 is 2.65 bits per heavy atom. The van der Waals surface area contributed by atoms with E-state index in [1.165, 1.54) is 6.21 Å². The first-order valence-electron chi connectivity index (χ1n) is 5.99. The smallest absolute Gasteiger partial charge is 0.329 e. The van der Waals surface area contributed by atoms with Gasteiger partial charge in [-0.05, 0) is 24.1 Å². The molecule has 108 valence electrons. The van der Waals surface area contributed by atoms with Gasteiger partial charge in [-0.25, -0.2) is 5.43 Å². The maximum atomic E-state index is 11.4. The highest BCUT2D eigenvalue weighted by molar-refractivity contribution is 9.10. The molecule has 0 saturated heterocycles. The number of carbonyl (C=O) groups excluding carboxylic acids is 2. The van der Waals surface area contributed by atoms with Gasteiger partial charge in [-0.1, -0.05) is 28.1 Å². The van der Waals surface area contributed by atoms with Crippen molar-refractivity contribution in [3.63, 3.8) is 0 Å². The molecular weight excluding hydrogens is 326 g/mol. The van der Waals surface area contributed by atoms with E-state index in [9.17, 15) is 9.59 Å². The molecule has 0 unspecified atom stereocenters. The van der Waals surface area contributed by atoms with Crippen molar-refractivity contribution in [1.29, 1.82) is 0 Å². The zero-order chi connectivity index (χ0) is 14.8. The summed E-state index contributed by atoms with van der Waals surface area (Å²) in [5.74, 6) is -1.51. The maximum Gasteiger partial charge on any atom is 0.329 e. The van der Waals surface area contributed by atoms with Gasteiger partial charge in [-0.3, -0.25) is 9.59 Å². The van der Waals surface area contributed by atoms with Crippen molar-refractivity contribution in [3.8, 4) is 0 Å². The summed E-state index contributed by atoms with van der Waals surface area (Å²) < 4.78 is 5.78. The second-order valence-corrected chi connectivity index (χ2v) is 4.77. The average Bonchev–Trinajstić information content (AvgIpc) is 2.45. The first kappa shape index (κ1) is 16.3. The van der Waals surface area contributed by atoms with Crippen molar-refractivity contribution in [3.05, 3.63) is 34.3 Å². The van der Waals surface area contributed by atoms with Gasteiger partial charge in [0.25, 0.3) is 0 Å². The molecule has 0 aliphatic rings. The lowest BCUT2D eigenvalue weighted by Gasteiger charge is -2.03. The van der Waals surface area contributed by atoms with Crippen LogP contribution in [-0.2, 0) is 14.3 Å². The Morgan fingerprint density at radius 1 is 1.30 bits per heavy atom. The van der Waals surface area contributed by atoms with E-state index < -0.39 is 11.8 Å². The first-order chi connectivity index (χ1) is 9.63. The highest BCUT2D eigenvalue weighted by Crippen LogP contribution is 2.08. The third-order valence-electron chi connectivity index (χ3n) is 2.27. The van der Waals surface area contributed by atoms with Crippen LogP contribution in [0.4, 0.5) is 0 Å². The van der Waals surface area contributed by atoms with Crippen LogP contribution in [0.5, 0.6) is 0 Å². The van der Waals surface area contributed by atoms with Crippen molar-refractivity contribution in [1.82, 2.24) is 10.7 Å². The third kappa shape index (κ3) is 6.44. The molecule has 2 amide bonds. The van der Waals surface area contributed by atoms with Crippen molar-refractivity contribution >= 4 is 34.0 Å². The van der Waals surface area contributed by atoms with E-state index in [0.29, 0.717) is 19.6 Å². The Labute approximate surface area is 125 Å². The molecule has 0 aliphatic carbocycles. The lowest BCUT2D eigenvalue weighted by atomic mass is 10.2. The number of nitrogens with zero attached hydrogens (tertiary/aromatic N) is 1. The number of hydrogen-bond donors (Lipinski definition) is 2. The molecule has 0 bridgehead atoms. The van der Waals surface area contributed by atoms with Crippen LogP contribution in [0.15, 0.2) is 33.8 Å². The van der Waals surface area contributed by atoms with Gasteiger partial charge in [0, 0.05) is 24.7 Å². The molecule has 0 spiro atoms. The number of rotatable bonds is 6. The zero-order valence-corrected chi connectivity index (χ0v) is 12.6. The monoisotopic (exact) mass is 341 g/mol. The Morgan fingerprint density at radius 2 is 2.00 bits per heavy atom. The lowest BCUT2D eigenvalue weighted by molar-refractivity contribution is -0.139. The fourth-order valence-corrected chi connectivity index (χ4v) is 1.53.